The quantitative estimate of drug-likeness (QED) is 0.601. The lowest BCUT2D eigenvalue weighted by molar-refractivity contribution is 0.597. The summed E-state index contributed by atoms with van der Waals surface area (Å²) in [4.78, 5) is 16.8. The molecule has 5 nitrogen and oxygen atoms in total. The van der Waals surface area contributed by atoms with Gasteiger partial charge in [0.15, 0.2) is 14.9 Å². The molecule has 6 heteroatoms. The molecule has 0 saturated carbocycles. The first-order valence-corrected chi connectivity index (χ1v) is 5.07. The highest BCUT2D eigenvalue weighted by Crippen LogP contribution is 1.99. The Morgan fingerprint density at radius 3 is 2.50 bits per heavy atom. The molecule has 0 fully saturated rings. The van der Waals surface area contributed by atoms with Crippen LogP contribution < -0.4 is 5.56 Å². The molecule has 1 rings (SSSR count). The van der Waals surface area contributed by atoms with E-state index in [1.165, 1.54) is 6.92 Å². The maximum absolute atomic E-state index is 10.9. The van der Waals surface area contributed by atoms with Crippen molar-refractivity contribution in [2.45, 2.75) is 11.9 Å². The Kier molecular flexibility index (Phi) is 2.01. The maximum atomic E-state index is 10.9. The predicted octanol–water partition coefficient (Wildman–Crippen LogP) is -0.518. The van der Waals surface area contributed by atoms with Crippen molar-refractivity contribution in [2.24, 2.45) is 0 Å². The highest BCUT2D eigenvalue weighted by molar-refractivity contribution is 7.90. The molecule has 0 unspecified atom stereocenters. The minimum Gasteiger partial charge on any atom is -0.311 e. The smallest absolute Gasteiger partial charge is 0.252 e. The third-order valence-corrected chi connectivity index (χ3v) is 2.19. The molecule has 0 saturated heterocycles. The second-order valence-corrected chi connectivity index (χ2v) is 4.40. The summed E-state index contributed by atoms with van der Waals surface area (Å²) in [7, 11) is -3.38. The zero-order chi connectivity index (χ0) is 9.35. The van der Waals surface area contributed by atoms with Crippen LogP contribution >= 0.6 is 0 Å². The van der Waals surface area contributed by atoms with Crippen molar-refractivity contribution in [3.05, 3.63) is 22.2 Å². The molecule has 0 aliphatic carbocycles. The van der Waals surface area contributed by atoms with Gasteiger partial charge in [-0.3, -0.25) is 4.79 Å². The first-order valence-electron chi connectivity index (χ1n) is 3.17. The zero-order valence-electron chi connectivity index (χ0n) is 6.66. The van der Waals surface area contributed by atoms with Crippen molar-refractivity contribution < 1.29 is 8.42 Å². The van der Waals surface area contributed by atoms with Crippen LogP contribution in [0.3, 0.4) is 0 Å². The predicted molar refractivity (Wildman–Crippen MR) is 42.7 cm³/mol. The van der Waals surface area contributed by atoms with Crippen molar-refractivity contribution in [3.8, 4) is 0 Å². The Bertz CT molecular complexity index is 446. The van der Waals surface area contributed by atoms with Crippen LogP contribution in [0.25, 0.3) is 0 Å². The van der Waals surface area contributed by atoms with Crippen LogP contribution in [0.1, 0.15) is 5.82 Å². The van der Waals surface area contributed by atoms with E-state index in [0.717, 1.165) is 12.3 Å². The van der Waals surface area contributed by atoms with Crippen molar-refractivity contribution in [2.75, 3.05) is 6.26 Å². The number of aromatic nitrogens is 2. The fourth-order valence-corrected chi connectivity index (χ4v) is 1.37. The number of nitrogens with zero attached hydrogens (tertiary/aromatic N) is 1. The summed E-state index contributed by atoms with van der Waals surface area (Å²) in [6.45, 7) is 1.52. The van der Waals surface area contributed by atoms with Gasteiger partial charge in [-0.1, -0.05) is 0 Å². The van der Waals surface area contributed by atoms with Gasteiger partial charge in [0.2, 0.25) is 0 Å². The van der Waals surface area contributed by atoms with E-state index < -0.39 is 15.4 Å². The van der Waals surface area contributed by atoms with Crippen molar-refractivity contribution in [1.29, 1.82) is 0 Å². The molecule has 1 N–H and O–H groups in total. The zero-order valence-corrected chi connectivity index (χ0v) is 7.47. The molecule has 0 aliphatic heterocycles. The number of sulfone groups is 1. The summed E-state index contributed by atoms with van der Waals surface area (Å²) in [6.07, 6.45) is 1.01. The molecule has 0 atom stereocenters. The van der Waals surface area contributed by atoms with Crippen LogP contribution in [-0.4, -0.2) is 24.6 Å². The fourth-order valence-electron chi connectivity index (χ4n) is 0.742. The maximum Gasteiger partial charge on any atom is 0.252 e. The van der Waals surface area contributed by atoms with E-state index in [1.807, 2.05) is 0 Å². The number of aryl methyl sites for hydroxylation is 1. The third kappa shape index (κ3) is 1.91. The molecule has 0 bridgehead atoms. The van der Waals surface area contributed by atoms with Gasteiger partial charge in [0.05, 0.1) is 0 Å². The normalized spacial score (nSPS) is 11.5. The topological polar surface area (TPSA) is 79.9 Å². The van der Waals surface area contributed by atoms with Crippen LogP contribution in [-0.2, 0) is 9.84 Å². The summed E-state index contributed by atoms with van der Waals surface area (Å²) >= 11 is 0. The number of aromatic amines is 1. The number of hydrogen-bond donors (Lipinski definition) is 1. The molecular formula is C6H8N2O3S. The molecule has 0 radical (unpaired) electrons. The molecule has 1 aromatic rings. The van der Waals surface area contributed by atoms with E-state index in [0.29, 0.717) is 5.82 Å². The second kappa shape index (κ2) is 2.71. The molecule has 66 valence electrons. The lowest BCUT2D eigenvalue weighted by Gasteiger charge is -1.96. The summed E-state index contributed by atoms with van der Waals surface area (Å²) in [5.74, 6) is 0.294. The van der Waals surface area contributed by atoms with Crippen molar-refractivity contribution in [3.63, 3.8) is 0 Å². The van der Waals surface area contributed by atoms with Gasteiger partial charge in [-0.25, -0.2) is 13.4 Å². The van der Waals surface area contributed by atoms with Crippen LogP contribution in [0.15, 0.2) is 15.9 Å². The monoisotopic (exact) mass is 188 g/mol. The molecule has 1 heterocycles. The number of nitrogens with one attached hydrogen (secondary N) is 1. The summed E-state index contributed by atoms with van der Waals surface area (Å²) in [5, 5.41) is -0.191. The molecule has 12 heavy (non-hydrogen) atoms. The average Bonchev–Trinajstić information content (AvgIpc) is 1.82. The van der Waals surface area contributed by atoms with E-state index in [4.69, 9.17) is 0 Å². The van der Waals surface area contributed by atoms with Crippen LogP contribution in [0, 0.1) is 6.92 Å². The molecule has 0 amide bonds. The fraction of sp³-hybridized carbons (Fsp3) is 0.333. The van der Waals surface area contributed by atoms with Gasteiger partial charge in [-0.15, -0.1) is 0 Å². The van der Waals surface area contributed by atoms with E-state index in [2.05, 4.69) is 9.97 Å². The molecule has 1 aromatic heterocycles. The van der Waals surface area contributed by atoms with Crippen LogP contribution in [0.5, 0.6) is 0 Å². The van der Waals surface area contributed by atoms with Gasteiger partial charge < -0.3 is 4.98 Å². The van der Waals surface area contributed by atoms with Crippen LogP contribution in [0.2, 0.25) is 0 Å². The number of H-pyrrole nitrogens is 1. The Morgan fingerprint density at radius 2 is 2.08 bits per heavy atom. The van der Waals surface area contributed by atoms with Gasteiger partial charge in [0, 0.05) is 12.3 Å². The van der Waals surface area contributed by atoms with Gasteiger partial charge in [0.25, 0.3) is 5.56 Å². The van der Waals surface area contributed by atoms with E-state index in [1.54, 1.807) is 0 Å². The Morgan fingerprint density at radius 1 is 1.50 bits per heavy atom. The van der Waals surface area contributed by atoms with E-state index >= 15 is 0 Å². The van der Waals surface area contributed by atoms with E-state index in [-0.39, 0.29) is 5.03 Å². The lowest BCUT2D eigenvalue weighted by atomic mass is 10.6. The minimum atomic E-state index is -3.38. The standard InChI is InChI=1S/C6H8N2O3S/c1-4-7-5(9)3-6(8-4)12(2,10)11/h3H,1-2H3,(H,7,8,9). The molecule has 0 aliphatic rings. The minimum absolute atomic E-state index is 0.191. The average molecular weight is 188 g/mol. The molecule has 0 spiro atoms. The highest BCUT2D eigenvalue weighted by Gasteiger charge is 2.09. The number of rotatable bonds is 1. The Labute approximate surface area is 69.4 Å². The summed E-state index contributed by atoms with van der Waals surface area (Å²) < 4.78 is 21.8. The second-order valence-electron chi connectivity index (χ2n) is 2.44. The number of hydrogen-bond acceptors (Lipinski definition) is 4. The van der Waals surface area contributed by atoms with Gasteiger partial charge in [-0.2, -0.15) is 0 Å². The first-order chi connectivity index (χ1) is 5.39. The highest BCUT2D eigenvalue weighted by atomic mass is 32.2. The Balaban J connectivity index is 3.48. The Hall–Kier alpha value is -1.17. The van der Waals surface area contributed by atoms with Gasteiger partial charge >= 0.3 is 0 Å². The summed E-state index contributed by atoms with van der Waals surface area (Å²) in [6, 6.07) is 0.961. The SMILES string of the molecule is Cc1nc(S(C)(=O)=O)cc(=O)[nH]1. The van der Waals surface area contributed by atoms with Gasteiger partial charge in [0.1, 0.15) is 5.82 Å². The van der Waals surface area contributed by atoms with Crippen molar-refractivity contribution in [1.82, 2.24) is 9.97 Å². The van der Waals surface area contributed by atoms with E-state index in [9.17, 15) is 13.2 Å². The third-order valence-electron chi connectivity index (χ3n) is 1.22. The van der Waals surface area contributed by atoms with Crippen molar-refractivity contribution >= 4 is 9.84 Å². The lowest BCUT2D eigenvalue weighted by Crippen LogP contribution is -2.13. The largest absolute Gasteiger partial charge is 0.311 e. The first kappa shape index (κ1) is 8.92. The summed E-state index contributed by atoms with van der Waals surface area (Å²) in [5.41, 5.74) is -0.456. The van der Waals surface area contributed by atoms with Gasteiger partial charge in [-0.05, 0) is 6.92 Å². The molecule has 0 aromatic carbocycles. The van der Waals surface area contributed by atoms with Crippen LogP contribution in [0.4, 0.5) is 0 Å². The molecular weight excluding hydrogens is 180 g/mol.